The van der Waals surface area contributed by atoms with Crippen molar-refractivity contribution in [1.29, 1.82) is 0 Å². The molecular formula is C34H68O5P2. The van der Waals surface area contributed by atoms with Gasteiger partial charge in [0, 0.05) is 24.6 Å². The molecule has 0 spiro atoms. The first-order chi connectivity index (χ1) is 19.8. The molecule has 244 valence electrons. The van der Waals surface area contributed by atoms with Gasteiger partial charge < -0.3 is 9.09 Å². The second-order valence-corrected chi connectivity index (χ2v) is 18.1. The van der Waals surface area contributed by atoms with Gasteiger partial charge in [-0.2, -0.15) is 0 Å². The maximum atomic E-state index is 14.0. The fraction of sp³-hybridized carbons (Fsp3) is 0.941. The molecule has 0 bridgehead atoms. The number of carbonyl (C=O) groups is 2. The topological polar surface area (TPSA) is 77.5 Å². The van der Waals surface area contributed by atoms with Gasteiger partial charge in [0.05, 0.1) is 0 Å². The molecule has 0 radical (unpaired) electrons. The minimum Gasteiger partial charge on any atom is -0.406 e. The summed E-state index contributed by atoms with van der Waals surface area (Å²) in [5.74, 6) is -1.08. The average molecular weight is 619 g/mol. The molecule has 5 nitrogen and oxygen atoms in total. The Morgan fingerprint density at radius 1 is 0.415 bits per heavy atom. The van der Waals surface area contributed by atoms with Crippen molar-refractivity contribution in [3.63, 3.8) is 0 Å². The summed E-state index contributed by atoms with van der Waals surface area (Å²) in [6, 6.07) is 0. The first kappa shape index (κ1) is 40.6. The highest BCUT2D eigenvalue weighted by atomic mass is 31.2. The second-order valence-electron chi connectivity index (χ2n) is 12.4. The summed E-state index contributed by atoms with van der Waals surface area (Å²) in [6.07, 6.45) is 26.3. The van der Waals surface area contributed by atoms with E-state index in [4.69, 9.17) is 4.52 Å². The summed E-state index contributed by atoms with van der Waals surface area (Å²) in [7, 11) is -6.68. The molecule has 0 aromatic carbocycles. The first-order valence-electron chi connectivity index (χ1n) is 17.7. The Balaban J connectivity index is 5.28. The van der Waals surface area contributed by atoms with Crippen LogP contribution in [0.3, 0.4) is 0 Å². The standard InChI is InChI=1S/C34H68O5P2/c1-5-9-13-17-21-25-29-40(37,30-26-22-18-14-10-6-2)34(36)33(35)39-41(38,31-27-23-19-15-11-7-3)32-28-24-20-16-12-8-4/h5-32H2,1-4H3. The van der Waals surface area contributed by atoms with Crippen LogP contribution in [0.25, 0.3) is 0 Å². The molecule has 0 aliphatic heterocycles. The maximum Gasteiger partial charge on any atom is 0.387 e. The first-order valence-corrected chi connectivity index (χ1v) is 21.8. The summed E-state index contributed by atoms with van der Waals surface area (Å²) < 4.78 is 33.5. The zero-order valence-electron chi connectivity index (χ0n) is 27.7. The van der Waals surface area contributed by atoms with Gasteiger partial charge in [0.1, 0.15) is 0 Å². The third-order valence-corrected chi connectivity index (χ3v) is 13.7. The molecule has 0 N–H and O–H groups in total. The number of carbonyl (C=O) groups excluding carboxylic acids is 2. The fourth-order valence-electron chi connectivity index (χ4n) is 5.44. The van der Waals surface area contributed by atoms with Crippen LogP contribution in [0.1, 0.15) is 182 Å². The van der Waals surface area contributed by atoms with Gasteiger partial charge >= 0.3 is 5.97 Å². The van der Waals surface area contributed by atoms with E-state index in [1.54, 1.807) is 0 Å². The molecule has 0 heterocycles. The maximum absolute atomic E-state index is 14.0. The molecule has 0 atom stereocenters. The molecule has 7 heteroatoms. The van der Waals surface area contributed by atoms with Crippen molar-refractivity contribution in [2.45, 2.75) is 182 Å². The summed E-state index contributed by atoms with van der Waals surface area (Å²) in [6.45, 7) is 8.72. The van der Waals surface area contributed by atoms with E-state index in [-0.39, 0.29) is 12.3 Å². The predicted molar refractivity (Wildman–Crippen MR) is 179 cm³/mol. The summed E-state index contributed by atoms with van der Waals surface area (Å²) in [5.41, 5.74) is -0.870. The van der Waals surface area contributed by atoms with Gasteiger partial charge in [-0.25, -0.2) is 4.79 Å². The number of rotatable bonds is 31. The Hall–Kier alpha value is -0.400. The van der Waals surface area contributed by atoms with Crippen molar-refractivity contribution in [3.05, 3.63) is 0 Å². The minimum atomic E-state index is -3.39. The summed E-state index contributed by atoms with van der Waals surface area (Å²) in [4.78, 5) is 26.6. The highest BCUT2D eigenvalue weighted by Crippen LogP contribution is 2.53. The zero-order valence-corrected chi connectivity index (χ0v) is 29.5. The Kier molecular flexibility index (Phi) is 26.9. The third-order valence-electron chi connectivity index (χ3n) is 8.24. The van der Waals surface area contributed by atoms with Gasteiger partial charge in [0.25, 0.3) is 12.9 Å². The molecule has 0 saturated heterocycles. The Morgan fingerprint density at radius 3 is 1.00 bits per heavy atom. The Morgan fingerprint density at radius 2 is 0.683 bits per heavy atom. The predicted octanol–water partition coefficient (Wildman–Crippen LogP) is 12.1. The van der Waals surface area contributed by atoms with E-state index in [2.05, 4.69) is 27.7 Å². The smallest absolute Gasteiger partial charge is 0.387 e. The lowest BCUT2D eigenvalue weighted by molar-refractivity contribution is -0.143. The lowest BCUT2D eigenvalue weighted by Crippen LogP contribution is -2.21. The van der Waals surface area contributed by atoms with Crippen LogP contribution in [0.2, 0.25) is 0 Å². The van der Waals surface area contributed by atoms with Crippen LogP contribution >= 0.6 is 14.5 Å². The number of hydrogen-bond acceptors (Lipinski definition) is 5. The van der Waals surface area contributed by atoms with Crippen molar-refractivity contribution in [2.24, 2.45) is 0 Å². The fourth-order valence-corrected chi connectivity index (χ4v) is 10.2. The van der Waals surface area contributed by atoms with E-state index in [0.717, 1.165) is 89.9 Å². The van der Waals surface area contributed by atoms with Crippen LogP contribution in [-0.4, -0.2) is 36.1 Å². The van der Waals surface area contributed by atoms with Crippen LogP contribution < -0.4 is 0 Å². The van der Waals surface area contributed by atoms with E-state index in [1.165, 1.54) is 51.4 Å². The lowest BCUT2D eigenvalue weighted by Gasteiger charge is -2.21. The van der Waals surface area contributed by atoms with Gasteiger partial charge in [-0.05, 0) is 25.7 Å². The molecule has 0 rings (SSSR count). The summed E-state index contributed by atoms with van der Waals surface area (Å²) in [5, 5.41) is 0. The normalized spacial score (nSPS) is 12.1. The molecule has 0 amide bonds. The van der Waals surface area contributed by atoms with Gasteiger partial charge in [-0.3, -0.25) is 9.36 Å². The van der Waals surface area contributed by atoms with E-state index in [1.807, 2.05) is 0 Å². The van der Waals surface area contributed by atoms with Crippen LogP contribution in [0.4, 0.5) is 0 Å². The molecule has 0 aliphatic carbocycles. The van der Waals surface area contributed by atoms with Crippen molar-refractivity contribution in [3.8, 4) is 0 Å². The molecule has 0 unspecified atom stereocenters. The van der Waals surface area contributed by atoms with E-state index < -0.39 is 26.0 Å². The van der Waals surface area contributed by atoms with E-state index in [0.29, 0.717) is 25.2 Å². The van der Waals surface area contributed by atoms with Crippen LogP contribution in [0, 0.1) is 0 Å². The number of hydrogen-bond donors (Lipinski definition) is 0. The van der Waals surface area contributed by atoms with Crippen molar-refractivity contribution in [2.75, 3.05) is 24.6 Å². The average Bonchev–Trinajstić information content (AvgIpc) is 2.96. The number of unbranched alkanes of at least 4 members (excludes halogenated alkanes) is 20. The van der Waals surface area contributed by atoms with Crippen molar-refractivity contribution in [1.82, 2.24) is 0 Å². The van der Waals surface area contributed by atoms with E-state index >= 15 is 0 Å². The summed E-state index contributed by atoms with van der Waals surface area (Å²) >= 11 is 0. The Bertz CT molecular complexity index is 697. The quantitative estimate of drug-likeness (QED) is 0.0439. The third kappa shape index (κ3) is 21.9. The van der Waals surface area contributed by atoms with E-state index in [9.17, 15) is 18.7 Å². The highest BCUT2D eigenvalue weighted by Gasteiger charge is 2.40. The van der Waals surface area contributed by atoms with Crippen LogP contribution in [0.15, 0.2) is 0 Å². The lowest BCUT2D eigenvalue weighted by atomic mass is 10.1. The SMILES string of the molecule is CCCCCCCCP(=O)(CCCCCCCC)OC(=O)C(=O)P(=O)(CCCCCCCC)CCCCCCCC. The second kappa shape index (κ2) is 27.2. The molecule has 0 aliphatic rings. The van der Waals surface area contributed by atoms with Crippen LogP contribution in [0.5, 0.6) is 0 Å². The van der Waals surface area contributed by atoms with Crippen LogP contribution in [-0.2, 0) is 23.2 Å². The largest absolute Gasteiger partial charge is 0.406 e. The monoisotopic (exact) mass is 618 g/mol. The zero-order chi connectivity index (χ0) is 30.7. The van der Waals surface area contributed by atoms with Crippen molar-refractivity contribution < 1.29 is 23.2 Å². The molecular weight excluding hydrogens is 550 g/mol. The highest BCUT2D eigenvalue weighted by molar-refractivity contribution is 7.83. The van der Waals surface area contributed by atoms with Crippen molar-refractivity contribution >= 4 is 26.0 Å². The minimum absolute atomic E-state index is 0.279. The van der Waals surface area contributed by atoms with Gasteiger partial charge in [-0.1, -0.05) is 156 Å². The molecule has 0 saturated carbocycles. The molecule has 41 heavy (non-hydrogen) atoms. The van der Waals surface area contributed by atoms with Gasteiger partial charge in [-0.15, -0.1) is 0 Å². The molecule has 0 aromatic heterocycles. The molecule has 0 aromatic rings. The Labute approximate surface area is 255 Å². The van der Waals surface area contributed by atoms with Gasteiger partial charge in [0.2, 0.25) is 0 Å². The molecule has 0 fully saturated rings. The van der Waals surface area contributed by atoms with Gasteiger partial charge in [0.15, 0.2) is 7.14 Å².